The van der Waals surface area contributed by atoms with Gasteiger partial charge in [0.1, 0.15) is 0 Å². The third-order valence-corrected chi connectivity index (χ3v) is 3.96. The summed E-state index contributed by atoms with van der Waals surface area (Å²) in [6.07, 6.45) is 2.26. The zero-order valence-electron chi connectivity index (χ0n) is 13.2. The van der Waals surface area contributed by atoms with Crippen LogP contribution in [0.15, 0.2) is 18.2 Å². The molecule has 1 saturated carbocycles. The van der Waals surface area contributed by atoms with Crippen LogP contribution in [0.25, 0.3) is 0 Å². The average molecular weight is 292 g/mol. The minimum atomic E-state index is 0.0707. The normalized spacial score (nSPS) is 15.4. The molecule has 21 heavy (non-hydrogen) atoms. The van der Waals surface area contributed by atoms with E-state index in [1.165, 1.54) is 0 Å². The highest BCUT2D eigenvalue weighted by Gasteiger charge is 2.29. The Morgan fingerprint density at radius 2 is 2.00 bits per heavy atom. The van der Waals surface area contributed by atoms with E-state index in [1.54, 1.807) is 14.2 Å². The van der Waals surface area contributed by atoms with Gasteiger partial charge < -0.3 is 19.7 Å². The van der Waals surface area contributed by atoms with Gasteiger partial charge in [0, 0.05) is 19.1 Å². The molecular formula is C16H24N2O3. The second kappa shape index (κ2) is 6.80. The van der Waals surface area contributed by atoms with Crippen LogP contribution in [-0.4, -0.2) is 44.7 Å². The molecule has 0 saturated heterocycles. The molecule has 1 aliphatic carbocycles. The predicted molar refractivity (Wildman–Crippen MR) is 81.8 cm³/mol. The Labute approximate surface area is 126 Å². The first-order valence-electron chi connectivity index (χ1n) is 7.27. The van der Waals surface area contributed by atoms with Crippen molar-refractivity contribution in [3.63, 3.8) is 0 Å². The van der Waals surface area contributed by atoms with E-state index >= 15 is 0 Å². The Kier molecular flexibility index (Phi) is 5.07. The minimum absolute atomic E-state index is 0.0707. The van der Waals surface area contributed by atoms with Gasteiger partial charge in [-0.25, -0.2) is 0 Å². The van der Waals surface area contributed by atoms with E-state index in [1.807, 2.05) is 37.1 Å². The van der Waals surface area contributed by atoms with Crippen molar-refractivity contribution in [2.24, 2.45) is 0 Å². The molecule has 1 aromatic carbocycles. The maximum Gasteiger partial charge on any atom is 0.236 e. The quantitative estimate of drug-likeness (QED) is 0.835. The third kappa shape index (κ3) is 3.88. The first kappa shape index (κ1) is 15.6. The highest BCUT2D eigenvalue weighted by atomic mass is 16.5. The lowest BCUT2D eigenvalue weighted by atomic mass is 10.1. The van der Waals surface area contributed by atoms with Crippen LogP contribution < -0.4 is 14.8 Å². The van der Waals surface area contributed by atoms with Crippen molar-refractivity contribution in [3.8, 4) is 11.5 Å². The lowest BCUT2D eigenvalue weighted by Crippen LogP contribution is -2.37. The van der Waals surface area contributed by atoms with E-state index in [-0.39, 0.29) is 11.9 Å². The van der Waals surface area contributed by atoms with Crippen molar-refractivity contribution in [3.05, 3.63) is 23.8 Å². The van der Waals surface area contributed by atoms with Crippen molar-refractivity contribution in [1.82, 2.24) is 10.2 Å². The van der Waals surface area contributed by atoms with Crippen LogP contribution in [0.2, 0.25) is 0 Å². The number of amides is 1. The van der Waals surface area contributed by atoms with Gasteiger partial charge in [-0.1, -0.05) is 6.07 Å². The van der Waals surface area contributed by atoms with Crippen molar-refractivity contribution < 1.29 is 14.3 Å². The third-order valence-electron chi connectivity index (χ3n) is 3.96. The zero-order chi connectivity index (χ0) is 15.4. The summed E-state index contributed by atoms with van der Waals surface area (Å²) in [5, 5.41) is 3.26. The molecule has 1 amide bonds. The summed E-state index contributed by atoms with van der Waals surface area (Å²) < 4.78 is 10.5. The van der Waals surface area contributed by atoms with Gasteiger partial charge in [0.15, 0.2) is 11.5 Å². The Hall–Kier alpha value is -1.75. The van der Waals surface area contributed by atoms with Gasteiger partial charge in [0.2, 0.25) is 5.91 Å². The maximum absolute atomic E-state index is 12.0. The summed E-state index contributed by atoms with van der Waals surface area (Å²) in [4.78, 5) is 13.8. The predicted octanol–water partition coefficient (Wildman–Crippen LogP) is 1.98. The second-order valence-corrected chi connectivity index (χ2v) is 5.45. The summed E-state index contributed by atoms with van der Waals surface area (Å²) in [5.74, 6) is 1.55. The number of likely N-dealkylation sites (N-methyl/N-ethyl adjacent to an activating group) is 1. The number of nitrogens with one attached hydrogen (secondary N) is 1. The highest BCUT2D eigenvalue weighted by molar-refractivity contribution is 5.78. The monoisotopic (exact) mass is 292 g/mol. The standard InChI is InChI=1S/C16H24N2O3/c1-11(17-10-16(19)18(2)13-6-7-13)12-5-8-14(20-3)15(9-12)21-4/h5,8-9,11,13,17H,6-7,10H2,1-4H3. The first-order valence-corrected chi connectivity index (χ1v) is 7.27. The topological polar surface area (TPSA) is 50.8 Å². The fourth-order valence-corrected chi connectivity index (χ4v) is 2.27. The fourth-order valence-electron chi connectivity index (χ4n) is 2.27. The Bertz CT molecular complexity index is 500. The van der Waals surface area contributed by atoms with Gasteiger partial charge in [-0.15, -0.1) is 0 Å². The van der Waals surface area contributed by atoms with Gasteiger partial charge in [0.05, 0.1) is 20.8 Å². The van der Waals surface area contributed by atoms with Gasteiger partial charge in [-0.05, 0) is 37.5 Å². The summed E-state index contributed by atoms with van der Waals surface area (Å²) in [7, 11) is 5.11. The SMILES string of the molecule is COc1ccc(C(C)NCC(=O)N(C)C2CC2)cc1OC. The van der Waals surface area contributed by atoms with E-state index in [4.69, 9.17) is 9.47 Å². The molecule has 0 aromatic heterocycles. The number of rotatable bonds is 7. The van der Waals surface area contributed by atoms with Crippen molar-refractivity contribution in [2.45, 2.75) is 31.8 Å². The summed E-state index contributed by atoms with van der Waals surface area (Å²) in [6, 6.07) is 6.32. The molecule has 0 bridgehead atoms. The van der Waals surface area contributed by atoms with Gasteiger partial charge in [-0.2, -0.15) is 0 Å². The van der Waals surface area contributed by atoms with E-state index in [0.717, 1.165) is 18.4 Å². The molecule has 116 valence electrons. The van der Waals surface area contributed by atoms with Crippen LogP contribution in [0, 0.1) is 0 Å². The molecule has 1 aliphatic rings. The van der Waals surface area contributed by atoms with Crippen LogP contribution in [0.5, 0.6) is 11.5 Å². The van der Waals surface area contributed by atoms with Crippen LogP contribution in [0.1, 0.15) is 31.4 Å². The summed E-state index contributed by atoms with van der Waals surface area (Å²) in [6.45, 7) is 2.38. The number of hydrogen-bond donors (Lipinski definition) is 1. The highest BCUT2D eigenvalue weighted by Crippen LogP contribution is 2.30. The minimum Gasteiger partial charge on any atom is -0.493 e. The molecule has 1 fully saturated rings. The number of ether oxygens (including phenoxy) is 2. The lowest BCUT2D eigenvalue weighted by Gasteiger charge is -2.20. The second-order valence-electron chi connectivity index (χ2n) is 5.45. The Morgan fingerprint density at radius 3 is 2.57 bits per heavy atom. The van der Waals surface area contributed by atoms with Crippen LogP contribution >= 0.6 is 0 Å². The van der Waals surface area contributed by atoms with Crippen molar-refractivity contribution in [2.75, 3.05) is 27.8 Å². The van der Waals surface area contributed by atoms with E-state index in [0.29, 0.717) is 24.1 Å². The molecular weight excluding hydrogens is 268 g/mol. The van der Waals surface area contributed by atoms with Crippen LogP contribution in [-0.2, 0) is 4.79 Å². The molecule has 0 heterocycles. The molecule has 5 heteroatoms. The molecule has 0 spiro atoms. The fraction of sp³-hybridized carbons (Fsp3) is 0.562. The molecule has 0 aliphatic heterocycles. The molecule has 5 nitrogen and oxygen atoms in total. The molecule has 1 atom stereocenters. The Morgan fingerprint density at radius 1 is 1.33 bits per heavy atom. The smallest absolute Gasteiger partial charge is 0.236 e. The molecule has 0 radical (unpaired) electrons. The van der Waals surface area contributed by atoms with Crippen LogP contribution in [0.4, 0.5) is 0 Å². The average Bonchev–Trinajstić information content (AvgIpc) is 3.35. The number of carbonyl (C=O) groups excluding carboxylic acids is 1. The first-order chi connectivity index (χ1) is 10.1. The van der Waals surface area contributed by atoms with Crippen LogP contribution in [0.3, 0.4) is 0 Å². The van der Waals surface area contributed by atoms with Gasteiger partial charge in [0.25, 0.3) is 0 Å². The largest absolute Gasteiger partial charge is 0.493 e. The van der Waals surface area contributed by atoms with Gasteiger partial charge >= 0.3 is 0 Å². The molecule has 1 unspecified atom stereocenters. The summed E-state index contributed by atoms with van der Waals surface area (Å²) in [5.41, 5.74) is 1.06. The molecule has 1 aromatic rings. The van der Waals surface area contributed by atoms with E-state index in [9.17, 15) is 4.79 Å². The number of hydrogen-bond acceptors (Lipinski definition) is 4. The lowest BCUT2D eigenvalue weighted by molar-refractivity contribution is -0.129. The zero-order valence-corrected chi connectivity index (χ0v) is 13.2. The summed E-state index contributed by atoms with van der Waals surface area (Å²) >= 11 is 0. The number of carbonyl (C=O) groups is 1. The van der Waals surface area contributed by atoms with Gasteiger partial charge in [-0.3, -0.25) is 4.79 Å². The molecule has 1 N–H and O–H groups in total. The number of methoxy groups -OCH3 is 2. The Balaban J connectivity index is 1.93. The number of nitrogens with zero attached hydrogens (tertiary/aromatic N) is 1. The van der Waals surface area contributed by atoms with E-state index in [2.05, 4.69) is 5.32 Å². The maximum atomic E-state index is 12.0. The van der Waals surface area contributed by atoms with Crippen molar-refractivity contribution >= 4 is 5.91 Å². The number of benzene rings is 1. The van der Waals surface area contributed by atoms with Crippen molar-refractivity contribution in [1.29, 1.82) is 0 Å². The van der Waals surface area contributed by atoms with E-state index < -0.39 is 0 Å². The molecule has 2 rings (SSSR count).